The lowest BCUT2D eigenvalue weighted by Gasteiger charge is -2.30. The molecule has 0 spiro atoms. The Labute approximate surface area is 193 Å². The average Bonchev–Trinajstić information content (AvgIpc) is 2.76. The molecule has 1 atom stereocenters. The summed E-state index contributed by atoms with van der Waals surface area (Å²) in [5, 5.41) is 2.83. The molecule has 7 heteroatoms. The number of carbonyl (C=O) groups is 2. The van der Waals surface area contributed by atoms with E-state index in [1.165, 1.54) is 0 Å². The van der Waals surface area contributed by atoms with Crippen LogP contribution in [0.25, 0.3) is 0 Å². The van der Waals surface area contributed by atoms with Crippen molar-refractivity contribution in [3.8, 4) is 11.5 Å². The van der Waals surface area contributed by atoms with Crippen molar-refractivity contribution in [2.24, 2.45) is 0 Å². The molecule has 0 aliphatic carbocycles. The maximum Gasteiger partial charge on any atom is 0.261 e. The Morgan fingerprint density at radius 2 is 1.68 bits per heavy atom. The second-order valence-corrected chi connectivity index (χ2v) is 8.14. The molecule has 0 aliphatic rings. The number of methoxy groups -OCH3 is 1. The number of hydrogen-bond acceptors (Lipinski definition) is 4. The zero-order chi connectivity index (χ0) is 23.0. The van der Waals surface area contributed by atoms with E-state index in [2.05, 4.69) is 21.2 Å². The number of amides is 2. The van der Waals surface area contributed by atoms with E-state index in [1.54, 1.807) is 12.0 Å². The Morgan fingerprint density at radius 1 is 1.06 bits per heavy atom. The maximum atomic E-state index is 13.2. The molecule has 2 amide bonds. The van der Waals surface area contributed by atoms with Gasteiger partial charge in [-0.15, -0.1) is 0 Å². The van der Waals surface area contributed by atoms with Crippen LogP contribution < -0.4 is 14.8 Å². The van der Waals surface area contributed by atoms with Crippen molar-refractivity contribution >= 4 is 27.7 Å². The highest BCUT2D eigenvalue weighted by molar-refractivity contribution is 9.10. The summed E-state index contributed by atoms with van der Waals surface area (Å²) in [4.78, 5) is 27.4. The number of benzene rings is 2. The minimum Gasteiger partial charge on any atom is -0.497 e. The lowest BCUT2D eigenvalue weighted by atomic mass is 10.1. The second-order valence-electron chi connectivity index (χ2n) is 7.35. The van der Waals surface area contributed by atoms with Crippen molar-refractivity contribution in [2.45, 2.75) is 46.7 Å². The van der Waals surface area contributed by atoms with E-state index >= 15 is 0 Å². The molecule has 0 bridgehead atoms. The van der Waals surface area contributed by atoms with Crippen LogP contribution in [0.3, 0.4) is 0 Å². The Hall–Kier alpha value is -2.54. The minimum absolute atomic E-state index is 0.146. The van der Waals surface area contributed by atoms with E-state index in [4.69, 9.17) is 9.47 Å². The first kappa shape index (κ1) is 24.7. The number of rotatable bonds is 10. The lowest BCUT2D eigenvalue weighted by Crippen LogP contribution is -2.50. The number of ether oxygens (including phenoxy) is 2. The average molecular weight is 491 g/mol. The number of hydrogen-bond donors (Lipinski definition) is 1. The summed E-state index contributed by atoms with van der Waals surface area (Å²) in [6, 6.07) is 10.7. The molecular weight excluding hydrogens is 460 g/mol. The first-order valence-electron chi connectivity index (χ1n) is 10.4. The van der Waals surface area contributed by atoms with Crippen LogP contribution >= 0.6 is 15.9 Å². The first-order chi connectivity index (χ1) is 14.8. The van der Waals surface area contributed by atoms with Gasteiger partial charge in [-0.2, -0.15) is 0 Å². The number of halogens is 1. The quantitative estimate of drug-likeness (QED) is 0.535. The van der Waals surface area contributed by atoms with Crippen molar-refractivity contribution in [2.75, 3.05) is 20.3 Å². The van der Waals surface area contributed by atoms with E-state index in [0.29, 0.717) is 25.3 Å². The summed E-state index contributed by atoms with van der Waals surface area (Å²) in [7, 11) is 1.61. The highest BCUT2D eigenvalue weighted by Gasteiger charge is 2.28. The first-order valence-corrected chi connectivity index (χ1v) is 11.2. The van der Waals surface area contributed by atoms with Crippen LogP contribution in [-0.4, -0.2) is 43.0 Å². The van der Waals surface area contributed by atoms with E-state index in [9.17, 15) is 9.59 Å². The summed E-state index contributed by atoms with van der Waals surface area (Å²) in [6.07, 6.45) is 0.504. The van der Waals surface area contributed by atoms with Crippen molar-refractivity contribution in [3.63, 3.8) is 0 Å². The summed E-state index contributed by atoms with van der Waals surface area (Å²) in [5.74, 6) is 0.957. The molecular formula is C24H31BrN2O4. The molecule has 0 saturated heterocycles. The molecule has 6 nitrogen and oxygen atoms in total. The molecule has 0 saturated carbocycles. The van der Waals surface area contributed by atoms with Gasteiger partial charge < -0.3 is 19.7 Å². The van der Waals surface area contributed by atoms with Crippen molar-refractivity contribution in [3.05, 3.63) is 57.6 Å². The van der Waals surface area contributed by atoms with Crippen molar-refractivity contribution < 1.29 is 19.1 Å². The van der Waals surface area contributed by atoms with Gasteiger partial charge in [0.15, 0.2) is 6.61 Å². The van der Waals surface area contributed by atoms with E-state index in [0.717, 1.165) is 26.9 Å². The van der Waals surface area contributed by atoms with E-state index < -0.39 is 6.04 Å². The van der Waals surface area contributed by atoms with Gasteiger partial charge in [-0.05, 0) is 68.1 Å². The van der Waals surface area contributed by atoms with Crippen LogP contribution in [0, 0.1) is 13.8 Å². The summed E-state index contributed by atoms with van der Waals surface area (Å²) in [5.41, 5.74) is 2.98. The van der Waals surface area contributed by atoms with Crippen LogP contribution in [0.5, 0.6) is 11.5 Å². The largest absolute Gasteiger partial charge is 0.497 e. The molecule has 0 aliphatic heterocycles. The molecule has 1 N–H and O–H groups in total. The van der Waals surface area contributed by atoms with Crippen LogP contribution in [0.4, 0.5) is 0 Å². The molecule has 2 aromatic carbocycles. The number of nitrogens with zero attached hydrogens (tertiary/aromatic N) is 1. The third-order valence-corrected chi connectivity index (χ3v) is 6.27. The maximum absolute atomic E-state index is 13.2. The monoisotopic (exact) mass is 490 g/mol. The summed E-state index contributed by atoms with van der Waals surface area (Å²) < 4.78 is 12.0. The zero-order valence-electron chi connectivity index (χ0n) is 18.8. The molecule has 0 radical (unpaired) electrons. The van der Waals surface area contributed by atoms with Crippen LogP contribution in [0.2, 0.25) is 0 Å². The molecule has 0 fully saturated rings. The van der Waals surface area contributed by atoms with E-state index in [1.807, 2.05) is 64.1 Å². The van der Waals surface area contributed by atoms with Gasteiger partial charge in [0.2, 0.25) is 5.91 Å². The van der Waals surface area contributed by atoms with Gasteiger partial charge in [-0.3, -0.25) is 9.59 Å². The molecule has 0 aromatic heterocycles. The van der Waals surface area contributed by atoms with Crippen LogP contribution in [-0.2, 0) is 16.1 Å². The van der Waals surface area contributed by atoms with Gasteiger partial charge in [0.1, 0.15) is 17.5 Å². The van der Waals surface area contributed by atoms with Gasteiger partial charge in [0, 0.05) is 17.6 Å². The minimum atomic E-state index is -0.577. The Kier molecular flexibility index (Phi) is 9.37. The lowest BCUT2D eigenvalue weighted by molar-refractivity contribution is -0.142. The Balaban J connectivity index is 2.22. The molecule has 0 unspecified atom stereocenters. The topological polar surface area (TPSA) is 67.9 Å². The van der Waals surface area contributed by atoms with Crippen molar-refractivity contribution in [1.82, 2.24) is 10.2 Å². The second kappa shape index (κ2) is 11.7. The predicted molar refractivity (Wildman–Crippen MR) is 125 cm³/mol. The third-order valence-electron chi connectivity index (χ3n) is 5.02. The Morgan fingerprint density at radius 3 is 2.19 bits per heavy atom. The van der Waals surface area contributed by atoms with Gasteiger partial charge >= 0.3 is 0 Å². The molecule has 31 heavy (non-hydrogen) atoms. The highest BCUT2D eigenvalue weighted by Crippen LogP contribution is 2.26. The SMILES string of the molecule is CCNC(=O)[C@H](CC)N(Cc1ccc(OC)cc1)C(=O)COc1cc(C)c(Br)c(C)c1. The smallest absolute Gasteiger partial charge is 0.261 e. The predicted octanol–water partition coefficient (Wildman–Crippen LogP) is 4.40. The zero-order valence-corrected chi connectivity index (χ0v) is 20.4. The molecule has 0 heterocycles. The molecule has 168 valence electrons. The summed E-state index contributed by atoms with van der Waals surface area (Å²) in [6.45, 7) is 8.38. The Bertz CT molecular complexity index is 876. The van der Waals surface area contributed by atoms with E-state index in [-0.39, 0.29) is 18.4 Å². The van der Waals surface area contributed by atoms with Crippen molar-refractivity contribution in [1.29, 1.82) is 0 Å². The standard InChI is InChI=1S/C24H31BrN2O4/c1-6-21(24(29)26-7-2)27(14-18-8-10-19(30-5)11-9-18)22(28)15-31-20-12-16(3)23(25)17(4)13-20/h8-13,21H,6-7,14-15H2,1-5H3,(H,26,29)/t21-/m0/s1. The molecule has 2 rings (SSSR count). The number of carbonyl (C=O) groups excluding carboxylic acids is 2. The highest BCUT2D eigenvalue weighted by atomic mass is 79.9. The fourth-order valence-electron chi connectivity index (χ4n) is 3.36. The van der Waals surface area contributed by atoms with Gasteiger partial charge in [0.25, 0.3) is 5.91 Å². The van der Waals surface area contributed by atoms with Crippen LogP contribution in [0.1, 0.15) is 37.0 Å². The summed E-state index contributed by atoms with van der Waals surface area (Å²) >= 11 is 3.54. The third kappa shape index (κ3) is 6.72. The van der Waals surface area contributed by atoms with Gasteiger partial charge in [0.05, 0.1) is 7.11 Å². The van der Waals surface area contributed by atoms with Crippen LogP contribution in [0.15, 0.2) is 40.9 Å². The fraction of sp³-hybridized carbons (Fsp3) is 0.417. The van der Waals surface area contributed by atoms with Gasteiger partial charge in [-0.25, -0.2) is 0 Å². The fourth-order valence-corrected chi connectivity index (χ4v) is 3.59. The number of aryl methyl sites for hydroxylation is 2. The number of likely N-dealkylation sites (N-methyl/N-ethyl adjacent to an activating group) is 1. The normalized spacial score (nSPS) is 11.5. The number of nitrogens with one attached hydrogen (secondary N) is 1. The molecule has 2 aromatic rings. The van der Waals surface area contributed by atoms with Gasteiger partial charge in [-0.1, -0.05) is 35.0 Å².